The third-order valence-electron chi connectivity index (χ3n) is 15.8. The fourth-order valence-electron chi connectivity index (χ4n) is 12.4. The number of para-hydroxylation sites is 1. The number of benzene rings is 7. The lowest BCUT2D eigenvalue weighted by molar-refractivity contribution is 0.639. The maximum atomic E-state index is 4.30. The van der Waals surface area contributed by atoms with Gasteiger partial charge in [-0.05, 0) is 158 Å². The van der Waals surface area contributed by atoms with Gasteiger partial charge in [-0.3, -0.25) is 0 Å². The molecule has 4 aliphatic rings. The second-order valence-corrected chi connectivity index (χ2v) is 20.4. The largest absolute Gasteiger partial charge is 0.310 e. The first-order valence-corrected chi connectivity index (χ1v) is 23.8. The molecule has 0 amide bonds. The average molecular weight is 853 g/mol. The summed E-state index contributed by atoms with van der Waals surface area (Å²) < 4.78 is 2.43. The zero-order chi connectivity index (χ0) is 45.3. The van der Waals surface area contributed by atoms with Crippen LogP contribution in [-0.2, 0) is 22.7 Å². The molecular formula is C64H56N2. The SMILES string of the molecule is C=CC1=C(/C=C\C)c2ccc(N(c3ccc(-c4ccc(-n5c6c(c7ccccc75)CCC=C6)cc4)cc3)c3cccc4c3-c3cc5c(cc3C4(C)C)C(C)(C)c3ccccc3-5)cc2C1(C)C. The topological polar surface area (TPSA) is 8.17 Å². The summed E-state index contributed by atoms with van der Waals surface area (Å²) in [6.45, 7) is 20.7. The van der Waals surface area contributed by atoms with Crippen LogP contribution in [0.4, 0.5) is 17.1 Å². The van der Waals surface area contributed by atoms with E-state index in [2.05, 4.69) is 240 Å². The smallest absolute Gasteiger partial charge is 0.0543 e. The van der Waals surface area contributed by atoms with Crippen molar-refractivity contribution in [2.75, 3.05) is 4.90 Å². The van der Waals surface area contributed by atoms with Crippen LogP contribution < -0.4 is 4.90 Å². The first kappa shape index (κ1) is 40.4. The van der Waals surface area contributed by atoms with Gasteiger partial charge in [0.05, 0.1) is 11.2 Å². The van der Waals surface area contributed by atoms with Crippen LogP contribution in [0.1, 0.15) is 99.5 Å². The molecule has 0 saturated heterocycles. The van der Waals surface area contributed by atoms with Crippen molar-refractivity contribution in [3.8, 4) is 39.1 Å². The van der Waals surface area contributed by atoms with Crippen molar-refractivity contribution in [3.05, 3.63) is 227 Å². The monoisotopic (exact) mass is 852 g/mol. The molecule has 0 N–H and O–H groups in total. The van der Waals surface area contributed by atoms with Crippen LogP contribution in [0.25, 0.3) is 61.6 Å². The van der Waals surface area contributed by atoms with Gasteiger partial charge in [0, 0.05) is 50.0 Å². The molecular weight excluding hydrogens is 797 g/mol. The molecule has 0 spiro atoms. The van der Waals surface area contributed by atoms with Gasteiger partial charge >= 0.3 is 0 Å². The van der Waals surface area contributed by atoms with E-state index in [1.165, 1.54) is 111 Å². The summed E-state index contributed by atoms with van der Waals surface area (Å²) in [5.41, 5.74) is 26.7. The molecule has 66 heavy (non-hydrogen) atoms. The van der Waals surface area contributed by atoms with Crippen LogP contribution in [-0.4, -0.2) is 4.57 Å². The first-order chi connectivity index (χ1) is 31.9. The summed E-state index contributed by atoms with van der Waals surface area (Å²) >= 11 is 0. The van der Waals surface area contributed by atoms with Gasteiger partial charge in [0.2, 0.25) is 0 Å². The summed E-state index contributed by atoms with van der Waals surface area (Å²) in [5.74, 6) is 0. The molecule has 12 rings (SSSR count). The van der Waals surface area contributed by atoms with Crippen molar-refractivity contribution in [1.29, 1.82) is 0 Å². The van der Waals surface area contributed by atoms with Crippen molar-refractivity contribution in [1.82, 2.24) is 4.57 Å². The summed E-state index contributed by atoms with van der Waals surface area (Å²) in [4.78, 5) is 2.52. The Bertz CT molecular complexity index is 3450. The number of nitrogens with zero attached hydrogens (tertiary/aromatic N) is 2. The highest BCUT2D eigenvalue weighted by Crippen LogP contribution is 2.59. The Labute approximate surface area is 390 Å². The van der Waals surface area contributed by atoms with Crippen molar-refractivity contribution >= 4 is 39.6 Å². The minimum absolute atomic E-state index is 0.0719. The molecule has 2 heteroatoms. The maximum absolute atomic E-state index is 4.30. The summed E-state index contributed by atoms with van der Waals surface area (Å²) in [5, 5.41) is 1.36. The van der Waals surface area contributed by atoms with E-state index in [0.29, 0.717) is 0 Å². The Kier molecular flexibility index (Phi) is 8.82. The molecule has 322 valence electrons. The molecule has 1 heterocycles. The Hall–Kier alpha value is -7.16. The van der Waals surface area contributed by atoms with Gasteiger partial charge in [0.25, 0.3) is 0 Å². The van der Waals surface area contributed by atoms with Crippen LogP contribution in [0.2, 0.25) is 0 Å². The Balaban J connectivity index is 1.01. The normalized spacial score (nSPS) is 16.5. The van der Waals surface area contributed by atoms with E-state index in [-0.39, 0.29) is 16.2 Å². The summed E-state index contributed by atoms with van der Waals surface area (Å²) in [7, 11) is 0. The number of hydrogen-bond acceptors (Lipinski definition) is 1. The number of anilines is 3. The Morgan fingerprint density at radius 2 is 1.24 bits per heavy atom. The van der Waals surface area contributed by atoms with Gasteiger partial charge < -0.3 is 9.47 Å². The number of rotatable bonds is 7. The first-order valence-electron chi connectivity index (χ1n) is 23.8. The zero-order valence-electron chi connectivity index (χ0n) is 39.3. The van der Waals surface area contributed by atoms with E-state index >= 15 is 0 Å². The summed E-state index contributed by atoms with van der Waals surface area (Å²) in [6, 6.07) is 55.4. The minimum atomic E-state index is -0.208. The molecule has 7 aromatic carbocycles. The van der Waals surface area contributed by atoms with Gasteiger partial charge in [-0.1, -0.05) is 163 Å². The third kappa shape index (κ3) is 5.60. The molecule has 0 aliphatic heterocycles. The molecule has 0 bridgehead atoms. The second-order valence-electron chi connectivity index (χ2n) is 20.4. The highest BCUT2D eigenvalue weighted by atomic mass is 15.1. The number of aromatic nitrogens is 1. The lowest BCUT2D eigenvalue weighted by Crippen LogP contribution is -2.19. The molecule has 8 aromatic rings. The molecule has 2 nitrogen and oxygen atoms in total. The molecule has 0 atom stereocenters. The van der Waals surface area contributed by atoms with E-state index in [0.717, 1.165) is 24.2 Å². The molecule has 0 fully saturated rings. The maximum Gasteiger partial charge on any atom is 0.0543 e. The van der Waals surface area contributed by atoms with E-state index in [1.807, 2.05) is 0 Å². The Morgan fingerprint density at radius 1 is 0.576 bits per heavy atom. The van der Waals surface area contributed by atoms with Crippen LogP contribution >= 0.6 is 0 Å². The van der Waals surface area contributed by atoms with E-state index in [1.54, 1.807) is 0 Å². The number of fused-ring (bicyclic) bond motifs is 10. The quantitative estimate of drug-likeness (QED) is 0.155. The van der Waals surface area contributed by atoms with Crippen molar-refractivity contribution in [3.63, 3.8) is 0 Å². The van der Waals surface area contributed by atoms with Gasteiger partial charge in [-0.15, -0.1) is 0 Å². The molecule has 0 radical (unpaired) electrons. The predicted molar refractivity (Wildman–Crippen MR) is 281 cm³/mol. The van der Waals surface area contributed by atoms with Crippen LogP contribution in [0.5, 0.6) is 0 Å². The molecule has 0 unspecified atom stereocenters. The lowest BCUT2D eigenvalue weighted by Gasteiger charge is -2.31. The van der Waals surface area contributed by atoms with Crippen molar-refractivity contribution < 1.29 is 0 Å². The van der Waals surface area contributed by atoms with E-state index in [9.17, 15) is 0 Å². The Morgan fingerprint density at radius 3 is 2.02 bits per heavy atom. The van der Waals surface area contributed by atoms with Gasteiger partial charge in [-0.2, -0.15) is 0 Å². The minimum Gasteiger partial charge on any atom is -0.310 e. The number of allylic oxidation sites excluding steroid dienone is 6. The van der Waals surface area contributed by atoms with Gasteiger partial charge in [-0.25, -0.2) is 0 Å². The van der Waals surface area contributed by atoms with Crippen LogP contribution in [0.15, 0.2) is 182 Å². The van der Waals surface area contributed by atoms with E-state index < -0.39 is 0 Å². The highest BCUT2D eigenvalue weighted by Gasteiger charge is 2.43. The van der Waals surface area contributed by atoms with Crippen LogP contribution in [0.3, 0.4) is 0 Å². The molecule has 1 aromatic heterocycles. The van der Waals surface area contributed by atoms with Crippen LogP contribution in [0, 0.1) is 0 Å². The summed E-state index contributed by atoms with van der Waals surface area (Å²) in [6.07, 6.45) is 13.3. The second kappa shape index (κ2) is 14.4. The zero-order valence-corrected chi connectivity index (χ0v) is 39.3. The average Bonchev–Trinajstić information content (AvgIpc) is 3.95. The standard InChI is InChI=1S/C64H56N2/c1-9-18-45-47-36-35-44(37-55(47)62(3,4)52(45)10-2)65(60-26-17-23-54-61(60)51-38-50-46-19-11-14-22-53(46)63(5,6)56(50)39-57(51)64(54,7)8)42-31-27-40(28-32-42)41-29-33-43(34-30-41)66-58-24-15-12-20-48(58)49-21-13-16-25-59(49)66/h9-12,14-20,22-39H,2,13,21H2,1,3-8H3/b18-9-. The number of aryl methyl sites for hydroxylation is 1. The van der Waals surface area contributed by atoms with Gasteiger partial charge in [0.15, 0.2) is 0 Å². The van der Waals surface area contributed by atoms with Gasteiger partial charge in [0.1, 0.15) is 0 Å². The lowest BCUT2D eigenvalue weighted by atomic mass is 9.78. The van der Waals surface area contributed by atoms with Crippen molar-refractivity contribution in [2.45, 2.75) is 77.6 Å². The predicted octanol–water partition coefficient (Wildman–Crippen LogP) is 17.1. The van der Waals surface area contributed by atoms with E-state index in [4.69, 9.17) is 0 Å². The highest BCUT2D eigenvalue weighted by molar-refractivity contribution is 5.99. The number of hydrogen-bond donors (Lipinski definition) is 0. The third-order valence-corrected chi connectivity index (χ3v) is 15.8. The fourth-order valence-corrected chi connectivity index (χ4v) is 12.4. The molecule has 0 saturated carbocycles. The van der Waals surface area contributed by atoms with Crippen molar-refractivity contribution in [2.24, 2.45) is 0 Å². The fraction of sp³-hybridized carbons (Fsp3) is 0.188. The molecule has 4 aliphatic carbocycles.